The van der Waals surface area contributed by atoms with Gasteiger partial charge in [0.15, 0.2) is 0 Å². The minimum atomic E-state index is -3.69. The molecule has 7 nitrogen and oxygen atoms in total. The summed E-state index contributed by atoms with van der Waals surface area (Å²) in [5, 5.41) is 8.43. The van der Waals surface area contributed by atoms with Gasteiger partial charge < -0.3 is 4.52 Å². The van der Waals surface area contributed by atoms with E-state index in [1.165, 1.54) is 6.92 Å². The van der Waals surface area contributed by atoms with E-state index in [0.29, 0.717) is 35.3 Å². The van der Waals surface area contributed by atoms with Gasteiger partial charge in [-0.05, 0) is 48.9 Å². The lowest BCUT2D eigenvalue weighted by Gasteiger charge is -2.11. The fourth-order valence-electron chi connectivity index (χ4n) is 2.84. The van der Waals surface area contributed by atoms with E-state index in [2.05, 4.69) is 15.2 Å². The zero-order valence-electron chi connectivity index (χ0n) is 15.8. The summed E-state index contributed by atoms with van der Waals surface area (Å²) in [6, 6.07) is 9.00. The molecule has 28 heavy (non-hydrogen) atoms. The van der Waals surface area contributed by atoms with Gasteiger partial charge >= 0.3 is 0 Å². The molecule has 0 unspecified atom stereocenters. The number of thiophene rings is 1. The molecule has 2 aromatic heterocycles. The number of hydrogen-bond acceptors (Lipinski definition) is 6. The SMILES string of the molecule is CC(=O)Nc1onc(C)c1-c1ccc(C)c(S(=O)(=O)NCCc2cccs2)c1. The van der Waals surface area contributed by atoms with E-state index in [-0.39, 0.29) is 16.7 Å². The quantitative estimate of drug-likeness (QED) is 0.610. The maximum Gasteiger partial charge on any atom is 0.240 e. The van der Waals surface area contributed by atoms with Crippen molar-refractivity contribution in [1.29, 1.82) is 0 Å². The number of rotatable bonds is 7. The van der Waals surface area contributed by atoms with Crippen LogP contribution in [0.4, 0.5) is 5.88 Å². The average molecular weight is 420 g/mol. The second-order valence-corrected chi connectivity index (χ2v) is 9.13. The van der Waals surface area contributed by atoms with Crippen molar-refractivity contribution < 1.29 is 17.7 Å². The summed E-state index contributed by atoms with van der Waals surface area (Å²) in [4.78, 5) is 12.7. The zero-order chi connectivity index (χ0) is 20.3. The van der Waals surface area contributed by atoms with Crippen LogP contribution in [0.15, 0.2) is 45.1 Å². The Hall–Kier alpha value is -2.49. The second kappa shape index (κ2) is 8.26. The Kier molecular flexibility index (Phi) is 5.97. The molecule has 2 N–H and O–H groups in total. The van der Waals surface area contributed by atoms with Crippen molar-refractivity contribution in [3.8, 4) is 11.1 Å². The summed E-state index contributed by atoms with van der Waals surface area (Å²) in [5.74, 6) is -0.101. The number of nitrogens with one attached hydrogen (secondary N) is 2. The lowest BCUT2D eigenvalue weighted by Crippen LogP contribution is -2.26. The Labute approximate surface area is 167 Å². The number of nitrogens with zero attached hydrogens (tertiary/aromatic N) is 1. The molecule has 1 amide bonds. The van der Waals surface area contributed by atoms with Crippen molar-refractivity contribution in [3.05, 3.63) is 51.8 Å². The molecule has 9 heteroatoms. The summed E-state index contributed by atoms with van der Waals surface area (Å²) in [7, 11) is -3.69. The lowest BCUT2D eigenvalue weighted by molar-refractivity contribution is -0.114. The van der Waals surface area contributed by atoms with Gasteiger partial charge in [0, 0.05) is 18.3 Å². The Balaban J connectivity index is 1.89. The molecule has 2 heterocycles. The van der Waals surface area contributed by atoms with Crippen molar-refractivity contribution in [1.82, 2.24) is 9.88 Å². The molecule has 0 radical (unpaired) electrons. The van der Waals surface area contributed by atoms with Crippen LogP contribution in [-0.2, 0) is 21.2 Å². The maximum absolute atomic E-state index is 12.8. The van der Waals surface area contributed by atoms with Crippen molar-refractivity contribution in [3.63, 3.8) is 0 Å². The fraction of sp³-hybridized carbons (Fsp3) is 0.263. The monoisotopic (exact) mass is 419 g/mol. The summed E-state index contributed by atoms with van der Waals surface area (Å²) in [6.45, 7) is 5.16. The van der Waals surface area contributed by atoms with Crippen LogP contribution in [0, 0.1) is 13.8 Å². The molecule has 1 aromatic carbocycles. The first kappa shape index (κ1) is 20.2. The Morgan fingerprint density at radius 2 is 2.04 bits per heavy atom. The van der Waals surface area contributed by atoms with Crippen LogP contribution in [0.3, 0.4) is 0 Å². The van der Waals surface area contributed by atoms with E-state index < -0.39 is 10.0 Å². The second-order valence-electron chi connectivity index (χ2n) is 6.36. The number of carbonyl (C=O) groups excluding carboxylic acids is 1. The molecule has 0 saturated heterocycles. The van der Waals surface area contributed by atoms with Gasteiger partial charge in [0.25, 0.3) is 0 Å². The minimum Gasteiger partial charge on any atom is -0.337 e. The molecule has 3 rings (SSSR count). The topological polar surface area (TPSA) is 101 Å². The number of sulfonamides is 1. The summed E-state index contributed by atoms with van der Waals surface area (Å²) in [6.07, 6.45) is 0.632. The largest absolute Gasteiger partial charge is 0.337 e. The van der Waals surface area contributed by atoms with Crippen molar-refractivity contribution in [2.45, 2.75) is 32.1 Å². The van der Waals surface area contributed by atoms with Gasteiger partial charge in [0.1, 0.15) is 0 Å². The molecule has 0 fully saturated rings. The van der Waals surface area contributed by atoms with E-state index in [4.69, 9.17) is 4.52 Å². The van der Waals surface area contributed by atoms with Gasteiger partial charge in [-0.25, -0.2) is 13.1 Å². The first-order valence-electron chi connectivity index (χ1n) is 8.65. The first-order valence-corrected chi connectivity index (χ1v) is 11.0. The van der Waals surface area contributed by atoms with E-state index >= 15 is 0 Å². The average Bonchev–Trinajstić information content (AvgIpc) is 3.25. The van der Waals surface area contributed by atoms with Crippen LogP contribution >= 0.6 is 11.3 Å². The highest BCUT2D eigenvalue weighted by Gasteiger charge is 2.21. The lowest BCUT2D eigenvalue weighted by atomic mass is 10.0. The molecule has 0 atom stereocenters. The zero-order valence-corrected chi connectivity index (χ0v) is 17.4. The first-order chi connectivity index (χ1) is 13.3. The van der Waals surface area contributed by atoms with E-state index in [1.54, 1.807) is 43.4 Å². The molecule has 3 aromatic rings. The van der Waals surface area contributed by atoms with Crippen LogP contribution in [-0.4, -0.2) is 26.0 Å². The van der Waals surface area contributed by atoms with Gasteiger partial charge in [-0.3, -0.25) is 10.1 Å². The van der Waals surface area contributed by atoms with Crippen LogP contribution in [0.25, 0.3) is 11.1 Å². The van der Waals surface area contributed by atoms with E-state index in [0.717, 1.165) is 4.88 Å². The summed E-state index contributed by atoms with van der Waals surface area (Å²) >= 11 is 1.59. The smallest absolute Gasteiger partial charge is 0.240 e. The molecular weight excluding hydrogens is 398 g/mol. The highest BCUT2D eigenvalue weighted by atomic mass is 32.2. The number of aromatic nitrogens is 1. The van der Waals surface area contributed by atoms with Gasteiger partial charge in [0.05, 0.1) is 16.2 Å². The third-order valence-corrected chi connectivity index (χ3v) is 6.70. The molecule has 0 aliphatic rings. The summed E-state index contributed by atoms with van der Waals surface area (Å²) < 4.78 is 33.5. The third-order valence-electron chi connectivity index (χ3n) is 4.16. The number of amides is 1. The number of carbonyl (C=O) groups is 1. The highest BCUT2D eigenvalue weighted by molar-refractivity contribution is 7.89. The molecule has 0 aliphatic carbocycles. The predicted octanol–water partition coefficient (Wildman–Crippen LogP) is 3.50. The van der Waals surface area contributed by atoms with Crippen molar-refractivity contribution in [2.24, 2.45) is 0 Å². The van der Waals surface area contributed by atoms with Crippen LogP contribution < -0.4 is 10.0 Å². The molecule has 0 saturated carbocycles. The summed E-state index contributed by atoms with van der Waals surface area (Å²) in [5.41, 5.74) is 2.35. The van der Waals surface area contributed by atoms with Crippen LogP contribution in [0.5, 0.6) is 0 Å². The van der Waals surface area contributed by atoms with Gasteiger partial charge in [-0.2, -0.15) is 0 Å². The maximum atomic E-state index is 12.8. The van der Waals surface area contributed by atoms with Crippen LogP contribution in [0.2, 0.25) is 0 Å². The minimum absolute atomic E-state index is 0.186. The number of aryl methyl sites for hydroxylation is 2. The normalized spacial score (nSPS) is 11.5. The van der Waals surface area contributed by atoms with Crippen molar-refractivity contribution in [2.75, 3.05) is 11.9 Å². The van der Waals surface area contributed by atoms with Gasteiger partial charge in [-0.1, -0.05) is 23.4 Å². The van der Waals surface area contributed by atoms with Gasteiger partial charge in [-0.15, -0.1) is 11.3 Å². The van der Waals surface area contributed by atoms with Crippen LogP contribution in [0.1, 0.15) is 23.1 Å². The Morgan fingerprint density at radius 1 is 1.25 bits per heavy atom. The fourth-order valence-corrected chi connectivity index (χ4v) is 4.85. The predicted molar refractivity (Wildman–Crippen MR) is 109 cm³/mol. The molecule has 0 spiro atoms. The number of anilines is 1. The standard InChI is InChI=1S/C19H21N3O4S2/c1-12-6-7-15(18-13(2)22-26-19(18)21-14(3)23)11-17(12)28(24,25)20-9-8-16-5-4-10-27-16/h4-7,10-11,20H,8-9H2,1-3H3,(H,21,23). The molecule has 0 aliphatic heterocycles. The van der Waals surface area contributed by atoms with Gasteiger partial charge in [0.2, 0.25) is 21.8 Å². The molecular formula is C19H21N3O4S2. The third kappa shape index (κ3) is 4.49. The number of hydrogen-bond donors (Lipinski definition) is 2. The van der Waals surface area contributed by atoms with E-state index in [9.17, 15) is 13.2 Å². The Morgan fingerprint density at radius 3 is 2.71 bits per heavy atom. The van der Waals surface area contributed by atoms with Crippen molar-refractivity contribution >= 4 is 33.2 Å². The number of benzene rings is 1. The Bertz CT molecular complexity index is 1090. The highest BCUT2D eigenvalue weighted by Crippen LogP contribution is 2.33. The molecule has 148 valence electrons. The van der Waals surface area contributed by atoms with E-state index in [1.807, 2.05) is 17.5 Å². The molecule has 0 bridgehead atoms.